The summed E-state index contributed by atoms with van der Waals surface area (Å²) >= 11 is 0. The fourth-order valence-corrected chi connectivity index (χ4v) is 1.47. The number of anilines is 1. The smallest absolute Gasteiger partial charge is 0.218 e. The van der Waals surface area contributed by atoms with Gasteiger partial charge in [-0.2, -0.15) is 4.98 Å². The molecule has 2 rings (SSSR count). The Morgan fingerprint density at radius 3 is 3.00 bits per heavy atom. The lowest BCUT2D eigenvalue weighted by atomic mass is 10.5. The van der Waals surface area contributed by atoms with Crippen molar-refractivity contribution in [3.63, 3.8) is 0 Å². The molecule has 90 valence electrons. The van der Waals surface area contributed by atoms with Gasteiger partial charge in [-0.05, 0) is 6.92 Å². The van der Waals surface area contributed by atoms with Crippen LogP contribution >= 0.6 is 0 Å². The van der Waals surface area contributed by atoms with Crippen molar-refractivity contribution in [2.45, 2.75) is 13.5 Å². The molecule has 0 radical (unpaired) electrons. The number of aryl methyl sites for hydroxylation is 1. The molecule has 6 heteroatoms. The number of hydrogen-bond donors (Lipinski definition) is 1. The molecule has 0 amide bonds. The van der Waals surface area contributed by atoms with Crippen molar-refractivity contribution in [1.29, 1.82) is 0 Å². The first-order chi connectivity index (χ1) is 8.28. The summed E-state index contributed by atoms with van der Waals surface area (Å²) in [7, 11) is 1.59. The molecule has 17 heavy (non-hydrogen) atoms. The molecule has 0 bridgehead atoms. The fraction of sp³-hybridized carbons (Fsp3) is 0.364. The van der Waals surface area contributed by atoms with Crippen LogP contribution in [0, 0.1) is 6.92 Å². The molecular weight excluding hydrogens is 218 g/mol. The van der Waals surface area contributed by atoms with E-state index in [9.17, 15) is 0 Å². The summed E-state index contributed by atoms with van der Waals surface area (Å²) in [6.07, 6.45) is 5.47. The Balaban J connectivity index is 1.92. The monoisotopic (exact) mass is 233 g/mol. The SMILES string of the molecule is COc1cc(NCCn2ccnc2)nc(C)n1. The highest BCUT2D eigenvalue weighted by Crippen LogP contribution is 2.12. The number of ether oxygens (including phenoxy) is 1. The van der Waals surface area contributed by atoms with Crippen LogP contribution in [0.5, 0.6) is 5.88 Å². The van der Waals surface area contributed by atoms with Crippen LogP contribution in [-0.2, 0) is 6.54 Å². The minimum Gasteiger partial charge on any atom is -0.481 e. The number of methoxy groups -OCH3 is 1. The van der Waals surface area contributed by atoms with E-state index in [0.717, 1.165) is 18.9 Å². The van der Waals surface area contributed by atoms with Gasteiger partial charge in [0, 0.05) is 31.5 Å². The minimum atomic E-state index is 0.572. The van der Waals surface area contributed by atoms with E-state index in [1.807, 2.05) is 17.7 Å². The summed E-state index contributed by atoms with van der Waals surface area (Å²) in [5, 5.41) is 3.22. The number of rotatable bonds is 5. The summed E-state index contributed by atoms with van der Waals surface area (Å²) < 4.78 is 7.08. The first-order valence-electron chi connectivity index (χ1n) is 5.37. The van der Waals surface area contributed by atoms with E-state index in [2.05, 4.69) is 20.3 Å². The number of aromatic nitrogens is 4. The van der Waals surface area contributed by atoms with Crippen molar-refractivity contribution >= 4 is 5.82 Å². The highest BCUT2D eigenvalue weighted by Gasteiger charge is 2.01. The number of nitrogens with zero attached hydrogens (tertiary/aromatic N) is 4. The summed E-state index contributed by atoms with van der Waals surface area (Å²) in [5.41, 5.74) is 0. The third-order valence-electron chi connectivity index (χ3n) is 2.26. The molecule has 0 atom stereocenters. The first kappa shape index (κ1) is 11.4. The maximum Gasteiger partial charge on any atom is 0.218 e. The number of imidazole rings is 1. The van der Waals surface area contributed by atoms with E-state index in [1.165, 1.54) is 0 Å². The predicted octanol–water partition coefficient (Wildman–Crippen LogP) is 1.10. The Hall–Kier alpha value is -2.11. The van der Waals surface area contributed by atoms with Crippen LogP contribution in [0.2, 0.25) is 0 Å². The molecule has 6 nitrogen and oxygen atoms in total. The summed E-state index contributed by atoms with van der Waals surface area (Å²) in [6, 6.07) is 1.78. The van der Waals surface area contributed by atoms with Crippen molar-refractivity contribution in [2.75, 3.05) is 19.0 Å². The lowest BCUT2D eigenvalue weighted by Crippen LogP contribution is -2.11. The van der Waals surface area contributed by atoms with Gasteiger partial charge in [0.15, 0.2) is 0 Å². The van der Waals surface area contributed by atoms with Crippen molar-refractivity contribution in [3.8, 4) is 5.88 Å². The average molecular weight is 233 g/mol. The van der Waals surface area contributed by atoms with Gasteiger partial charge < -0.3 is 14.6 Å². The van der Waals surface area contributed by atoms with Gasteiger partial charge in [-0.1, -0.05) is 0 Å². The van der Waals surface area contributed by atoms with E-state index in [-0.39, 0.29) is 0 Å². The van der Waals surface area contributed by atoms with E-state index < -0.39 is 0 Å². The maximum absolute atomic E-state index is 5.08. The van der Waals surface area contributed by atoms with Crippen LogP contribution in [0.1, 0.15) is 5.82 Å². The summed E-state index contributed by atoms with van der Waals surface area (Å²) in [5.74, 6) is 2.03. The molecule has 0 fully saturated rings. The van der Waals surface area contributed by atoms with Crippen molar-refractivity contribution < 1.29 is 4.74 Å². The normalized spacial score (nSPS) is 10.2. The van der Waals surface area contributed by atoms with Crippen LogP contribution < -0.4 is 10.1 Å². The Morgan fingerprint density at radius 1 is 1.41 bits per heavy atom. The number of hydrogen-bond acceptors (Lipinski definition) is 5. The molecule has 0 saturated heterocycles. The second-order valence-electron chi connectivity index (χ2n) is 3.57. The van der Waals surface area contributed by atoms with Crippen LogP contribution in [0.3, 0.4) is 0 Å². The third kappa shape index (κ3) is 3.17. The fourth-order valence-electron chi connectivity index (χ4n) is 1.47. The molecule has 0 aliphatic carbocycles. The van der Waals surface area contributed by atoms with Gasteiger partial charge in [0.2, 0.25) is 5.88 Å². The standard InChI is InChI=1S/C11H15N5O/c1-9-14-10(7-11(15-9)17-2)13-4-6-16-5-3-12-8-16/h3,5,7-8H,4,6H2,1-2H3,(H,13,14,15). The topological polar surface area (TPSA) is 64.9 Å². The summed E-state index contributed by atoms with van der Waals surface area (Å²) in [6.45, 7) is 3.45. The lowest BCUT2D eigenvalue weighted by Gasteiger charge is -2.08. The molecule has 2 aromatic heterocycles. The van der Waals surface area contributed by atoms with E-state index in [0.29, 0.717) is 11.7 Å². The number of nitrogens with one attached hydrogen (secondary N) is 1. The minimum absolute atomic E-state index is 0.572. The Bertz CT molecular complexity index is 469. The quantitative estimate of drug-likeness (QED) is 0.837. The molecule has 0 spiro atoms. The van der Waals surface area contributed by atoms with Gasteiger partial charge in [-0.25, -0.2) is 9.97 Å². The molecular formula is C11H15N5O. The highest BCUT2D eigenvalue weighted by atomic mass is 16.5. The van der Waals surface area contributed by atoms with E-state index in [4.69, 9.17) is 4.74 Å². The molecule has 0 aliphatic rings. The lowest BCUT2D eigenvalue weighted by molar-refractivity contribution is 0.396. The molecule has 0 saturated carbocycles. The zero-order valence-corrected chi connectivity index (χ0v) is 9.92. The van der Waals surface area contributed by atoms with E-state index in [1.54, 1.807) is 25.7 Å². The molecule has 2 heterocycles. The second-order valence-corrected chi connectivity index (χ2v) is 3.57. The Labute approximate surface area is 99.7 Å². The molecule has 1 N–H and O–H groups in total. The third-order valence-corrected chi connectivity index (χ3v) is 2.26. The van der Waals surface area contributed by atoms with Gasteiger partial charge in [0.25, 0.3) is 0 Å². The molecule has 2 aromatic rings. The van der Waals surface area contributed by atoms with Crippen LogP contribution in [0.4, 0.5) is 5.82 Å². The molecule has 0 aromatic carbocycles. The highest BCUT2D eigenvalue weighted by molar-refractivity contribution is 5.38. The van der Waals surface area contributed by atoms with Gasteiger partial charge in [0.05, 0.1) is 13.4 Å². The average Bonchev–Trinajstić information content (AvgIpc) is 2.81. The van der Waals surface area contributed by atoms with Gasteiger partial charge in [0.1, 0.15) is 11.6 Å². The zero-order chi connectivity index (χ0) is 12.1. The second kappa shape index (κ2) is 5.29. The van der Waals surface area contributed by atoms with Crippen LogP contribution in [0.25, 0.3) is 0 Å². The van der Waals surface area contributed by atoms with Gasteiger partial charge in [-0.3, -0.25) is 0 Å². The van der Waals surface area contributed by atoms with Gasteiger partial charge >= 0.3 is 0 Å². The largest absolute Gasteiger partial charge is 0.481 e. The van der Waals surface area contributed by atoms with Crippen LogP contribution in [0.15, 0.2) is 24.8 Å². The summed E-state index contributed by atoms with van der Waals surface area (Å²) in [4.78, 5) is 12.4. The maximum atomic E-state index is 5.08. The van der Waals surface area contributed by atoms with Crippen molar-refractivity contribution in [1.82, 2.24) is 19.5 Å². The predicted molar refractivity (Wildman–Crippen MR) is 64.0 cm³/mol. The first-order valence-corrected chi connectivity index (χ1v) is 5.37. The Kier molecular flexibility index (Phi) is 3.54. The van der Waals surface area contributed by atoms with E-state index >= 15 is 0 Å². The molecule has 0 unspecified atom stereocenters. The van der Waals surface area contributed by atoms with Crippen LogP contribution in [-0.4, -0.2) is 33.2 Å². The van der Waals surface area contributed by atoms with Crippen molar-refractivity contribution in [2.24, 2.45) is 0 Å². The molecule has 0 aliphatic heterocycles. The van der Waals surface area contributed by atoms with Gasteiger partial charge in [-0.15, -0.1) is 0 Å². The Morgan fingerprint density at radius 2 is 2.29 bits per heavy atom. The zero-order valence-electron chi connectivity index (χ0n) is 9.92. The van der Waals surface area contributed by atoms with Crippen molar-refractivity contribution in [3.05, 3.63) is 30.6 Å².